The van der Waals surface area contributed by atoms with E-state index in [9.17, 15) is 0 Å². The molecule has 11 rings (SSSR count). The molecular weight excluding hydrogens is 687 g/mol. The maximum absolute atomic E-state index is 6.52. The molecule has 9 aromatic carbocycles. The lowest BCUT2D eigenvalue weighted by molar-refractivity contribution is 0.670. The number of furan rings is 1. The minimum absolute atomic E-state index is 0.903. The summed E-state index contributed by atoms with van der Waals surface area (Å²) in [6.45, 7) is 0. The zero-order chi connectivity index (χ0) is 36.3. The van der Waals surface area contributed by atoms with Crippen molar-refractivity contribution >= 4 is 81.3 Å². The average molecular weight is 720 g/mol. The van der Waals surface area contributed by atoms with E-state index in [1.807, 2.05) is 23.5 Å². The van der Waals surface area contributed by atoms with Crippen LogP contribution in [0.5, 0.6) is 0 Å². The zero-order valence-electron chi connectivity index (χ0n) is 29.8. The number of benzene rings is 9. The van der Waals surface area contributed by atoms with E-state index in [2.05, 4.69) is 193 Å². The first-order valence-corrected chi connectivity index (χ1v) is 19.5. The molecule has 0 N–H and O–H groups in total. The van der Waals surface area contributed by atoms with Crippen LogP contribution in [-0.2, 0) is 0 Å². The smallest absolute Gasteiger partial charge is 0.143 e. The van der Waals surface area contributed by atoms with Crippen LogP contribution in [0.1, 0.15) is 0 Å². The topological polar surface area (TPSA) is 16.4 Å². The molecule has 55 heavy (non-hydrogen) atoms. The molecule has 0 aliphatic rings. The summed E-state index contributed by atoms with van der Waals surface area (Å²) >= 11 is 1.88. The third-order valence-corrected chi connectivity index (χ3v) is 12.2. The van der Waals surface area contributed by atoms with Crippen LogP contribution in [0.2, 0.25) is 0 Å². The van der Waals surface area contributed by atoms with Crippen molar-refractivity contribution in [2.75, 3.05) is 4.90 Å². The first-order chi connectivity index (χ1) is 27.3. The molecule has 0 fully saturated rings. The number of para-hydroxylation sites is 2. The average Bonchev–Trinajstić information content (AvgIpc) is 3.84. The molecule has 2 aromatic heterocycles. The van der Waals surface area contributed by atoms with Crippen LogP contribution in [0.3, 0.4) is 0 Å². The first kappa shape index (κ1) is 31.6. The molecule has 0 aliphatic carbocycles. The van der Waals surface area contributed by atoms with E-state index < -0.39 is 0 Å². The summed E-state index contributed by atoms with van der Waals surface area (Å²) in [6, 6.07) is 72.1. The molecule has 11 aromatic rings. The molecule has 2 heterocycles. The van der Waals surface area contributed by atoms with Gasteiger partial charge in [0.2, 0.25) is 0 Å². The van der Waals surface area contributed by atoms with Crippen LogP contribution in [-0.4, -0.2) is 0 Å². The van der Waals surface area contributed by atoms with Crippen molar-refractivity contribution in [2.45, 2.75) is 0 Å². The monoisotopic (exact) mass is 719 g/mol. The van der Waals surface area contributed by atoms with E-state index in [1.165, 1.54) is 53.2 Å². The zero-order valence-corrected chi connectivity index (χ0v) is 30.6. The van der Waals surface area contributed by atoms with Crippen LogP contribution >= 0.6 is 11.3 Å². The molecule has 0 bridgehead atoms. The Kier molecular flexibility index (Phi) is 7.39. The molecule has 0 unspecified atom stereocenters. The SMILES string of the molecule is c1ccc(-c2cccc3c2sc2c(N(c4ccc(-c5cccc6ccccc56)cc4)c4cccc(-c5cccc6c5oc5ccccc56)c4)cccc23)cc1. The summed E-state index contributed by atoms with van der Waals surface area (Å²) in [6.07, 6.45) is 0. The van der Waals surface area contributed by atoms with E-state index in [-0.39, 0.29) is 0 Å². The van der Waals surface area contributed by atoms with E-state index in [1.54, 1.807) is 0 Å². The molecule has 3 heteroatoms. The Labute approximate surface area is 322 Å². The summed E-state index contributed by atoms with van der Waals surface area (Å²) < 4.78 is 9.07. The Morgan fingerprint density at radius 2 is 0.964 bits per heavy atom. The van der Waals surface area contributed by atoms with Gasteiger partial charge in [-0.15, -0.1) is 11.3 Å². The van der Waals surface area contributed by atoms with Crippen molar-refractivity contribution in [1.29, 1.82) is 0 Å². The Morgan fingerprint density at radius 1 is 0.364 bits per heavy atom. The Hall–Kier alpha value is -6.94. The summed E-state index contributed by atoms with van der Waals surface area (Å²) in [4.78, 5) is 2.43. The summed E-state index contributed by atoms with van der Waals surface area (Å²) in [5.74, 6) is 0. The van der Waals surface area contributed by atoms with E-state index in [0.29, 0.717) is 0 Å². The van der Waals surface area contributed by atoms with Crippen LogP contribution in [0.25, 0.3) is 86.3 Å². The highest BCUT2D eigenvalue weighted by Gasteiger charge is 2.21. The first-order valence-electron chi connectivity index (χ1n) is 18.7. The van der Waals surface area contributed by atoms with Crippen molar-refractivity contribution in [2.24, 2.45) is 0 Å². The van der Waals surface area contributed by atoms with Crippen molar-refractivity contribution in [1.82, 2.24) is 0 Å². The summed E-state index contributed by atoms with van der Waals surface area (Å²) in [5.41, 5.74) is 12.2. The van der Waals surface area contributed by atoms with Gasteiger partial charge in [-0.2, -0.15) is 0 Å². The molecular formula is C52H33NOS. The highest BCUT2D eigenvalue weighted by atomic mass is 32.1. The standard InChI is InChI=1S/C52H33NOS/c1-2-13-35(14-3-1)43-23-11-25-46-47-26-12-27-48(52(47)55-51(43)46)53(38-31-29-36(30-32-38)41-21-9-16-34-15-4-5-19-40(34)41)39-18-8-17-37(33-39)42-22-10-24-45-44-20-6-7-28-49(44)54-50(42)45/h1-33H. The van der Waals surface area contributed by atoms with Crippen LogP contribution in [0.15, 0.2) is 205 Å². The van der Waals surface area contributed by atoms with Gasteiger partial charge < -0.3 is 9.32 Å². The lowest BCUT2D eigenvalue weighted by Gasteiger charge is -2.27. The minimum atomic E-state index is 0.903. The minimum Gasteiger partial charge on any atom is -0.455 e. The van der Waals surface area contributed by atoms with E-state index in [4.69, 9.17) is 4.42 Å². The van der Waals surface area contributed by atoms with Crippen LogP contribution in [0, 0.1) is 0 Å². The lowest BCUT2D eigenvalue weighted by Crippen LogP contribution is -2.10. The number of fused-ring (bicyclic) bond motifs is 7. The Morgan fingerprint density at radius 3 is 1.84 bits per heavy atom. The molecule has 0 spiro atoms. The van der Waals surface area contributed by atoms with Crippen LogP contribution < -0.4 is 4.90 Å². The molecule has 0 atom stereocenters. The molecule has 0 aliphatic heterocycles. The number of thiophene rings is 1. The normalized spacial score (nSPS) is 11.6. The number of hydrogen-bond acceptors (Lipinski definition) is 3. The fourth-order valence-corrected chi connectivity index (χ4v) is 9.65. The highest BCUT2D eigenvalue weighted by Crippen LogP contribution is 2.48. The molecule has 0 amide bonds. The maximum atomic E-state index is 6.52. The molecule has 0 saturated carbocycles. The summed E-state index contributed by atoms with van der Waals surface area (Å²) in [7, 11) is 0. The molecule has 258 valence electrons. The Balaban J connectivity index is 1.12. The number of nitrogens with zero attached hydrogens (tertiary/aromatic N) is 1. The highest BCUT2D eigenvalue weighted by molar-refractivity contribution is 7.27. The second kappa shape index (κ2) is 12.9. The van der Waals surface area contributed by atoms with E-state index >= 15 is 0 Å². The van der Waals surface area contributed by atoms with Gasteiger partial charge in [0.25, 0.3) is 0 Å². The van der Waals surface area contributed by atoms with Crippen LogP contribution in [0.4, 0.5) is 17.1 Å². The van der Waals surface area contributed by atoms with Gasteiger partial charge in [0.1, 0.15) is 11.2 Å². The van der Waals surface area contributed by atoms with Gasteiger partial charge in [-0.3, -0.25) is 0 Å². The maximum Gasteiger partial charge on any atom is 0.143 e. The van der Waals surface area contributed by atoms with Crippen molar-refractivity contribution in [3.8, 4) is 33.4 Å². The van der Waals surface area contributed by atoms with Gasteiger partial charge in [-0.1, -0.05) is 164 Å². The largest absolute Gasteiger partial charge is 0.455 e. The van der Waals surface area contributed by atoms with Gasteiger partial charge in [0.15, 0.2) is 0 Å². The van der Waals surface area contributed by atoms with Gasteiger partial charge in [0.05, 0.1) is 10.4 Å². The Bertz CT molecular complexity index is 3200. The van der Waals surface area contributed by atoms with Gasteiger partial charge in [0, 0.05) is 43.2 Å². The fraction of sp³-hybridized carbons (Fsp3) is 0. The predicted octanol–water partition coefficient (Wildman–Crippen LogP) is 15.6. The van der Waals surface area contributed by atoms with E-state index in [0.717, 1.165) is 50.1 Å². The number of hydrogen-bond donors (Lipinski definition) is 0. The second-order valence-corrected chi connectivity index (χ2v) is 15.1. The fourth-order valence-electron chi connectivity index (χ4n) is 8.31. The third kappa shape index (κ3) is 5.24. The van der Waals surface area contributed by atoms with Crippen molar-refractivity contribution < 1.29 is 4.42 Å². The quantitative estimate of drug-likeness (QED) is 0.170. The van der Waals surface area contributed by atoms with Crippen molar-refractivity contribution in [3.05, 3.63) is 200 Å². The lowest BCUT2D eigenvalue weighted by atomic mass is 9.98. The van der Waals surface area contributed by atoms with Gasteiger partial charge >= 0.3 is 0 Å². The van der Waals surface area contributed by atoms with Gasteiger partial charge in [-0.25, -0.2) is 0 Å². The molecule has 0 radical (unpaired) electrons. The van der Waals surface area contributed by atoms with Gasteiger partial charge in [-0.05, 0) is 75.0 Å². The predicted molar refractivity (Wildman–Crippen MR) is 235 cm³/mol. The molecule has 0 saturated heterocycles. The second-order valence-electron chi connectivity index (χ2n) is 14.0. The van der Waals surface area contributed by atoms with Crippen molar-refractivity contribution in [3.63, 3.8) is 0 Å². The summed E-state index contributed by atoms with van der Waals surface area (Å²) in [5, 5.41) is 7.30. The number of rotatable bonds is 6. The third-order valence-electron chi connectivity index (χ3n) is 10.9. The molecule has 2 nitrogen and oxygen atoms in total. The number of anilines is 3.